The van der Waals surface area contributed by atoms with E-state index in [1.54, 1.807) is 29.3 Å². The van der Waals surface area contributed by atoms with Gasteiger partial charge in [0.2, 0.25) is 0 Å². The number of rotatable bonds is 1. The summed E-state index contributed by atoms with van der Waals surface area (Å²) in [5.74, 6) is -0.468. The molecule has 3 rings (SSSR count). The standard InChI is InChI=1S/C14H20N4O4S2/c1-9-15-10(6-23-9)13(19)17-4-5-18(14(20)16(2)3)12-8-24(21,22)7-11(12)17/h6,11-12H,4-5,7-8H2,1-3H3/t11-,12+/m0/s1. The molecule has 24 heavy (non-hydrogen) atoms. The van der Waals surface area contributed by atoms with Gasteiger partial charge in [-0.1, -0.05) is 0 Å². The largest absolute Gasteiger partial charge is 0.331 e. The molecule has 3 amide bonds. The summed E-state index contributed by atoms with van der Waals surface area (Å²) >= 11 is 1.38. The Morgan fingerprint density at radius 3 is 2.33 bits per heavy atom. The number of thiazole rings is 1. The first-order valence-corrected chi connectivity index (χ1v) is 10.3. The van der Waals surface area contributed by atoms with Crippen molar-refractivity contribution in [2.75, 3.05) is 38.7 Å². The molecular formula is C14H20N4O4S2. The Hall–Kier alpha value is -1.68. The molecule has 0 bridgehead atoms. The molecule has 3 heterocycles. The van der Waals surface area contributed by atoms with Crippen LogP contribution >= 0.6 is 11.3 Å². The zero-order valence-corrected chi connectivity index (χ0v) is 15.4. The number of aromatic nitrogens is 1. The minimum absolute atomic E-state index is 0.100. The number of amides is 3. The molecule has 0 spiro atoms. The van der Waals surface area contributed by atoms with Crippen molar-refractivity contribution in [3.8, 4) is 0 Å². The number of carbonyl (C=O) groups excluding carboxylic acids is 2. The third kappa shape index (κ3) is 3.00. The monoisotopic (exact) mass is 372 g/mol. The highest BCUT2D eigenvalue weighted by Gasteiger charge is 2.50. The van der Waals surface area contributed by atoms with Gasteiger partial charge in [-0.05, 0) is 6.92 Å². The van der Waals surface area contributed by atoms with Crippen LogP contribution in [0.15, 0.2) is 5.38 Å². The molecule has 0 aromatic carbocycles. The molecule has 0 unspecified atom stereocenters. The predicted octanol–water partition coefficient (Wildman–Crippen LogP) is 0.0565. The van der Waals surface area contributed by atoms with Crippen LogP contribution in [0.5, 0.6) is 0 Å². The zero-order chi connectivity index (χ0) is 17.6. The van der Waals surface area contributed by atoms with E-state index in [1.807, 2.05) is 6.92 Å². The molecule has 2 aliphatic heterocycles. The van der Waals surface area contributed by atoms with Gasteiger partial charge in [0.1, 0.15) is 5.69 Å². The molecule has 0 saturated carbocycles. The number of urea groups is 1. The summed E-state index contributed by atoms with van der Waals surface area (Å²) < 4.78 is 24.3. The van der Waals surface area contributed by atoms with Crippen LogP contribution in [-0.4, -0.2) is 90.8 Å². The molecule has 1 aromatic heterocycles. The molecule has 1 aromatic rings. The quantitative estimate of drug-likeness (QED) is 0.695. The van der Waals surface area contributed by atoms with Crippen LogP contribution in [0.25, 0.3) is 0 Å². The normalized spacial score (nSPS) is 25.5. The smallest absolute Gasteiger partial charge is 0.319 e. The lowest BCUT2D eigenvalue weighted by molar-refractivity contribution is 0.0389. The third-order valence-corrected chi connectivity index (χ3v) is 6.88. The molecule has 0 aliphatic carbocycles. The molecular weight excluding hydrogens is 352 g/mol. The van der Waals surface area contributed by atoms with Gasteiger partial charge >= 0.3 is 6.03 Å². The second-order valence-corrected chi connectivity index (χ2v) is 9.55. The van der Waals surface area contributed by atoms with Gasteiger partial charge in [0.05, 0.1) is 28.6 Å². The number of aryl methyl sites for hydroxylation is 1. The van der Waals surface area contributed by atoms with E-state index in [2.05, 4.69) is 4.98 Å². The second-order valence-electron chi connectivity index (χ2n) is 6.33. The van der Waals surface area contributed by atoms with Crippen molar-refractivity contribution in [2.24, 2.45) is 0 Å². The van der Waals surface area contributed by atoms with E-state index in [0.717, 1.165) is 5.01 Å². The van der Waals surface area contributed by atoms with E-state index in [1.165, 1.54) is 16.2 Å². The van der Waals surface area contributed by atoms with Gasteiger partial charge in [-0.25, -0.2) is 18.2 Å². The van der Waals surface area contributed by atoms with E-state index < -0.39 is 21.9 Å². The highest BCUT2D eigenvalue weighted by molar-refractivity contribution is 7.91. The zero-order valence-electron chi connectivity index (χ0n) is 13.8. The fourth-order valence-electron chi connectivity index (χ4n) is 3.31. The minimum Gasteiger partial charge on any atom is -0.331 e. The summed E-state index contributed by atoms with van der Waals surface area (Å²) in [7, 11) is -0.0179. The maximum Gasteiger partial charge on any atom is 0.319 e. The van der Waals surface area contributed by atoms with Crippen LogP contribution in [0.4, 0.5) is 4.79 Å². The molecule has 2 aliphatic rings. The maximum atomic E-state index is 12.7. The van der Waals surface area contributed by atoms with Crippen molar-refractivity contribution in [1.29, 1.82) is 0 Å². The summed E-state index contributed by atoms with van der Waals surface area (Å²) in [4.78, 5) is 33.9. The van der Waals surface area contributed by atoms with Gasteiger partial charge in [-0.3, -0.25) is 4.79 Å². The topological polar surface area (TPSA) is 90.9 Å². The lowest BCUT2D eigenvalue weighted by Gasteiger charge is -2.44. The predicted molar refractivity (Wildman–Crippen MR) is 89.9 cm³/mol. The average molecular weight is 372 g/mol. The Bertz CT molecular complexity index is 773. The Balaban J connectivity index is 1.90. The number of sulfone groups is 1. The number of piperazine rings is 1. The fraction of sp³-hybridized carbons (Fsp3) is 0.643. The first-order chi connectivity index (χ1) is 11.2. The summed E-state index contributed by atoms with van der Waals surface area (Å²) in [6, 6.07) is -1.23. The van der Waals surface area contributed by atoms with Crippen LogP contribution in [0.1, 0.15) is 15.5 Å². The molecule has 2 saturated heterocycles. The Labute approximate surface area is 145 Å². The average Bonchev–Trinajstić information content (AvgIpc) is 3.06. The lowest BCUT2D eigenvalue weighted by atomic mass is 10.0. The third-order valence-electron chi connectivity index (χ3n) is 4.40. The number of hydrogen-bond acceptors (Lipinski definition) is 6. The van der Waals surface area contributed by atoms with Gasteiger partial charge in [0, 0.05) is 32.6 Å². The fourth-order valence-corrected chi connectivity index (χ4v) is 5.88. The van der Waals surface area contributed by atoms with Crippen molar-refractivity contribution >= 4 is 33.1 Å². The van der Waals surface area contributed by atoms with Gasteiger partial charge < -0.3 is 14.7 Å². The molecule has 8 nitrogen and oxygen atoms in total. The Kier molecular flexibility index (Phi) is 4.28. The molecule has 0 N–H and O–H groups in total. The van der Waals surface area contributed by atoms with Crippen LogP contribution in [0, 0.1) is 6.92 Å². The lowest BCUT2D eigenvalue weighted by Crippen LogP contribution is -2.63. The summed E-state index contributed by atoms with van der Waals surface area (Å²) in [5, 5.41) is 2.48. The van der Waals surface area contributed by atoms with E-state index in [-0.39, 0.29) is 23.4 Å². The molecule has 2 atom stereocenters. The molecule has 0 radical (unpaired) electrons. The van der Waals surface area contributed by atoms with Crippen molar-refractivity contribution in [2.45, 2.75) is 19.0 Å². The van der Waals surface area contributed by atoms with E-state index >= 15 is 0 Å². The van der Waals surface area contributed by atoms with E-state index in [0.29, 0.717) is 18.8 Å². The highest BCUT2D eigenvalue weighted by atomic mass is 32.2. The number of fused-ring (bicyclic) bond motifs is 1. The van der Waals surface area contributed by atoms with E-state index in [4.69, 9.17) is 0 Å². The number of nitrogens with zero attached hydrogens (tertiary/aromatic N) is 4. The van der Waals surface area contributed by atoms with Crippen molar-refractivity contribution in [3.63, 3.8) is 0 Å². The van der Waals surface area contributed by atoms with E-state index in [9.17, 15) is 18.0 Å². The van der Waals surface area contributed by atoms with Gasteiger partial charge in [-0.15, -0.1) is 11.3 Å². The van der Waals surface area contributed by atoms with Crippen LogP contribution in [-0.2, 0) is 9.84 Å². The molecule has 132 valence electrons. The Morgan fingerprint density at radius 2 is 1.79 bits per heavy atom. The van der Waals surface area contributed by atoms with Crippen LogP contribution in [0.3, 0.4) is 0 Å². The van der Waals surface area contributed by atoms with Crippen molar-refractivity contribution in [3.05, 3.63) is 16.1 Å². The Morgan fingerprint density at radius 1 is 1.21 bits per heavy atom. The first kappa shape index (κ1) is 17.2. The highest BCUT2D eigenvalue weighted by Crippen LogP contribution is 2.29. The van der Waals surface area contributed by atoms with Crippen LogP contribution < -0.4 is 0 Å². The first-order valence-electron chi connectivity index (χ1n) is 7.61. The summed E-state index contributed by atoms with van der Waals surface area (Å²) in [6.45, 7) is 2.45. The number of carbonyl (C=O) groups is 2. The molecule has 2 fully saturated rings. The minimum atomic E-state index is -3.29. The SMILES string of the molecule is Cc1nc(C(=O)N2CCN(C(=O)N(C)C)[C@@H]3CS(=O)(=O)C[C@@H]32)cs1. The second kappa shape index (κ2) is 5.99. The van der Waals surface area contributed by atoms with Gasteiger partial charge in [0.15, 0.2) is 9.84 Å². The van der Waals surface area contributed by atoms with Crippen molar-refractivity contribution in [1.82, 2.24) is 19.7 Å². The van der Waals surface area contributed by atoms with Gasteiger partial charge in [0.25, 0.3) is 5.91 Å². The van der Waals surface area contributed by atoms with Crippen LogP contribution in [0.2, 0.25) is 0 Å². The van der Waals surface area contributed by atoms with Crippen molar-refractivity contribution < 1.29 is 18.0 Å². The molecule has 10 heteroatoms. The maximum absolute atomic E-state index is 12.7. The number of hydrogen-bond donors (Lipinski definition) is 0. The summed E-state index contributed by atoms with van der Waals surface area (Å²) in [5.41, 5.74) is 0.341. The van der Waals surface area contributed by atoms with Gasteiger partial charge in [-0.2, -0.15) is 0 Å². The summed E-state index contributed by atoms with van der Waals surface area (Å²) in [6.07, 6.45) is 0.